The van der Waals surface area contributed by atoms with E-state index in [1.54, 1.807) is 13.8 Å². The van der Waals surface area contributed by atoms with Gasteiger partial charge in [0, 0.05) is 45.7 Å². The molecule has 40 heavy (non-hydrogen) atoms. The lowest BCUT2D eigenvalue weighted by Gasteiger charge is -2.05. The van der Waals surface area contributed by atoms with Gasteiger partial charge in [0.05, 0.1) is 5.56 Å². The van der Waals surface area contributed by atoms with Gasteiger partial charge in [-0.3, -0.25) is 9.59 Å². The van der Waals surface area contributed by atoms with Crippen LogP contribution in [0, 0.1) is 0 Å². The van der Waals surface area contributed by atoms with Gasteiger partial charge in [-0.15, -0.1) is 0 Å². The van der Waals surface area contributed by atoms with Gasteiger partial charge in [-0.2, -0.15) is 9.13 Å². The predicted molar refractivity (Wildman–Crippen MR) is 159 cm³/mol. The minimum atomic E-state index is 0.0991. The third-order valence-electron chi connectivity index (χ3n) is 6.96. The van der Waals surface area contributed by atoms with E-state index in [2.05, 4.69) is 45.7 Å². The molecule has 2 aromatic heterocycles. The summed E-state index contributed by atoms with van der Waals surface area (Å²) in [5.41, 5.74) is 6.10. The van der Waals surface area contributed by atoms with Gasteiger partial charge in [0.15, 0.2) is 37.0 Å². The van der Waals surface area contributed by atoms with Crippen molar-refractivity contribution >= 4 is 33.4 Å². The number of para-hydroxylation sites is 1. The average Bonchev–Trinajstić information content (AvgIpc) is 2.98. The molecule has 2 heterocycles. The zero-order chi connectivity index (χ0) is 27.9. The lowest BCUT2D eigenvalue weighted by Crippen LogP contribution is -2.35. The van der Waals surface area contributed by atoms with Crippen molar-refractivity contribution in [1.82, 2.24) is 0 Å². The number of aromatic nitrogens is 2. The van der Waals surface area contributed by atoms with E-state index in [1.165, 1.54) is 11.1 Å². The third kappa shape index (κ3) is 6.19. The van der Waals surface area contributed by atoms with Crippen LogP contribution in [0.3, 0.4) is 0 Å². The molecule has 0 atom stereocenters. The fraction of sp³-hybridized carbons (Fsp3) is 0.111. The van der Waals surface area contributed by atoms with E-state index in [4.69, 9.17) is 0 Å². The molecule has 0 fully saturated rings. The number of benzene rings is 4. The van der Waals surface area contributed by atoms with Crippen molar-refractivity contribution in [1.29, 1.82) is 0 Å². The normalized spacial score (nSPS) is 10.7. The highest BCUT2D eigenvalue weighted by Gasteiger charge is 2.16. The van der Waals surface area contributed by atoms with E-state index in [-0.39, 0.29) is 11.6 Å². The van der Waals surface area contributed by atoms with Crippen LogP contribution in [-0.2, 0) is 13.1 Å². The third-order valence-corrected chi connectivity index (χ3v) is 6.96. The minimum Gasteiger partial charge on any atom is -0.295 e. The van der Waals surface area contributed by atoms with E-state index in [1.807, 2.05) is 97.2 Å². The van der Waals surface area contributed by atoms with Gasteiger partial charge >= 0.3 is 0 Å². The average molecular weight is 525 g/mol. The van der Waals surface area contributed by atoms with Gasteiger partial charge < -0.3 is 0 Å². The molecule has 4 heteroatoms. The zero-order valence-corrected chi connectivity index (χ0v) is 22.8. The first-order valence-electron chi connectivity index (χ1n) is 13.4. The summed E-state index contributed by atoms with van der Waals surface area (Å²) < 4.78 is 4.32. The van der Waals surface area contributed by atoms with Crippen molar-refractivity contribution in [3.05, 3.63) is 156 Å². The van der Waals surface area contributed by atoms with E-state index >= 15 is 0 Å². The highest BCUT2D eigenvalue weighted by molar-refractivity contribution is 6.04. The van der Waals surface area contributed by atoms with E-state index in [0.717, 1.165) is 46.0 Å². The molecule has 0 unspecified atom stereocenters. The molecule has 0 N–H and O–H groups in total. The Morgan fingerprint density at radius 3 is 1.75 bits per heavy atom. The molecule has 0 saturated heterocycles. The van der Waals surface area contributed by atoms with Gasteiger partial charge in [0.2, 0.25) is 11.0 Å². The Morgan fingerprint density at radius 1 is 0.550 bits per heavy atom. The Hall–Kier alpha value is -4.96. The van der Waals surface area contributed by atoms with Gasteiger partial charge in [0.1, 0.15) is 0 Å². The summed E-state index contributed by atoms with van der Waals surface area (Å²) in [6.07, 6.45) is 4.08. The highest BCUT2D eigenvalue weighted by Crippen LogP contribution is 2.16. The summed E-state index contributed by atoms with van der Waals surface area (Å²) in [6.45, 7) is 4.79. The number of carbonyl (C=O) groups is 2. The molecule has 0 radical (unpaired) electrons. The van der Waals surface area contributed by atoms with Crippen LogP contribution >= 0.6 is 0 Å². The van der Waals surface area contributed by atoms with E-state index in [9.17, 15) is 9.59 Å². The van der Waals surface area contributed by atoms with Crippen molar-refractivity contribution in [2.24, 2.45) is 0 Å². The number of Topliss-reactive ketones (excluding diaryl/α,β-unsaturated/α-hetero) is 2. The zero-order valence-electron chi connectivity index (χ0n) is 22.8. The van der Waals surface area contributed by atoms with Crippen LogP contribution in [0.2, 0.25) is 0 Å². The number of fused-ring (bicyclic) bond motifs is 2. The highest BCUT2D eigenvalue weighted by atomic mass is 16.1. The molecule has 0 amide bonds. The first-order chi connectivity index (χ1) is 19.5. The number of pyridine rings is 2. The molecule has 0 saturated carbocycles. The Bertz CT molecular complexity index is 1790. The lowest BCUT2D eigenvalue weighted by atomic mass is 10.1. The SMILES string of the molecule is CC(=O)c1ccc2ccc[n+](Cc3ccccc3)c2c1.CC(=O)c1cccc2ccc[n+](Cc3ccccc3)c12. The molecule has 0 aliphatic rings. The van der Waals surface area contributed by atoms with Crippen molar-refractivity contribution < 1.29 is 18.7 Å². The van der Waals surface area contributed by atoms with Crippen LogP contribution < -0.4 is 9.13 Å². The maximum Gasteiger partial charge on any atom is 0.223 e. The fourth-order valence-electron chi connectivity index (χ4n) is 4.94. The number of carbonyl (C=O) groups excluding carboxylic acids is 2. The smallest absolute Gasteiger partial charge is 0.223 e. The number of hydrogen-bond acceptors (Lipinski definition) is 2. The topological polar surface area (TPSA) is 41.9 Å². The Balaban J connectivity index is 0.000000161. The van der Waals surface area contributed by atoms with Crippen molar-refractivity contribution in [2.75, 3.05) is 0 Å². The Kier molecular flexibility index (Phi) is 8.17. The second kappa shape index (κ2) is 12.3. The molecule has 0 aliphatic heterocycles. The van der Waals surface area contributed by atoms with Gasteiger partial charge in [-0.05, 0) is 44.2 Å². The predicted octanol–water partition coefficient (Wildman–Crippen LogP) is 6.76. The number of ketones is 2. The van der Waals surface area contributed by atoms with Gasteiger partial charge in [0.25, 0.3) is 0 Å². The first-order valence-corrected chi connectivity index (χ1v) is 13.4. The van der Waals surface area contributed by atoms with Crippen LogP contribution in [0.5, 0.6) is 0 Å². The molecule has 196 valence electrons. The van der Waals surface area contributed by atoms with Crippen LogP contribution in [0.25, 0.3) is 21.8 Å². The van der Waals surface area contributed by atoms with Crippen molar-refractivity contribution in [3.8, 4) is 0 Å². The summed E-state index contributed by atoms with van der Waals surface area (Å²) in [7, 11) is 0. The number of rotatable bonds is 6. The fourth-order valence-corrected chi connectivity index (χ4v) is 4.94. The summed E-state index contributed by atoms with van der Waals surface area (Å²) >= 11 is 0. The molecule has 4 aromatic carbocycles. The quantitative estimate of drug-likeness (QED) is 0.179. The maximum absolute atomic E-state index is 11.9. The van der Waals surface area contributed by atoms with Crippen molar-refractivity contribution in [3.63, 3.8) is 0 Å². The second-order valence-corrected chi connectivity index (χ2v) is 9.87. The maximum atomic E-state index is 11.9. The molecular weight excluding hydrogens is 492 g/mol. The summed E-state index contributed by atoms with van der Waals surface area (Å²) in [5, 5.41) is 2.24. The molecule has 0 aliphatic carbocycles. The molecule has 0 bridgehead atoms. The number of nitrogens with zero attached hydrogens (tertiary/aromatic N) is 2. The Morgan fingerprint density at radius 2 is 1.12 bits per heavy atom. The molecular formula is C36H32N2O2+2. The van der Waals surface area contributed by atoms with Crippen LogP contribution in [0.15, 0.2) is 134 Å². The van der Waals surface area contributed by atoms with Crippen molar-refractivity contribution in [2.45, 2.75) is 26.9 Å². The van der Waals surface area contributed by atoms with Gasteiger partial charge in [-0.25, -0.2) is 0 Å². The molecule has 6 rings (SSSR count). The largest absolute Gasteiger partial charge is 0.295 e. The second-order valence-electron chi connectivity index (χ2n) is 9.87. The summed E-state index contributed by atoms with van der Waals surface area (Å²) in [5.74, 6) is 0.200. The van der Waals surface area contributed by atoms with Crippen LogP contribution in [-0.4, -0.2) is 11.6 Å². The molecule has 4 nitrogen and oxygen atoms in total. The number of hydrogen-bond donors (Lipinski definition) is 0. The van der Waals surface area contributed by atoms with E-state index < -0.39 is 0 Å². The minimum absolute atomic E-state index is 0.0991. The summed E-state index contributed by atoms with van der Waals surface area (Å²) in [4.78, 5) is 23.4. The Labute approximate surface area is 234 Å². The lowest BCUT2D eigenvalue weighted by molar-refractivity contribution is -0.662. The molecule has 6 aromatic rings. The monoisotopic (exact) mass is 524 g/mol. The first kappa shape index (κ1) is 26.6. The van der Waals surface area contributed by atoms with E-state index in [0.29, 0.717) is 0 Å². The van der Waals surface area contributed by atoms with Crippen LogP contribution in [0.1, 0.15) is 45.7 Å². The standard InChI is InChI=1S/2C18H16NO/c1-14(20)17-11-5-9-16-10-6-12-19(18(16)17)13-15-7-3-2-4-8-15;1-14(20)17-10-9-16-8-5-11-19(18(16)12-17)13-15-6-3-2-4-7-15/h2*2-12H,13H2,1H3/q2*+1. The van der Waals surface area contributed by atoms with Crippen LogP contribution in [0.4, 0.5) is 0 Å². The summed E-state index contributed by atoms with van der Waals surface area (Å²) in [6, 6.07) is 40.5. The molecule has 0 spiro atoms. The van der Waals surface area contributed by atoms with Gasteiger partial charge in [-0.1, -0.05) is 72.8 Å².